The number of esters is 1. The van der Waals surface area contributed by atoms with Crippen LogP contribution in [-0.4, -0.2) is 48.2 Å². The summed E-state index contributed by atoms with van der Waals surface area (Å²) in [6, 6.07) is 26.6. The Morgan fingerprint density at radius 1 is 0.917 bits per heavy atom. The third-order valence-corrected chi connectivity index (χ3v) is 8.75. The molecule has 2 amide bonds. The second-order valence-corrected chi connectivity index (χ2v) is 13.0. The topological polar surface area (TPSA) is 114 Å². The maximum atomic E-state index is 13.5. The lowest BCUT2D eigenvalue weighted by Crippen LogP contribution is -2.47. The van der Waals surface area contributed by atoms with Crippen LogP contribution in [0.5, 0.6) is 5.75 Å². The van der Waals surface area contributed by atoms with Crippen LogP contribution in [0.15, 0.2) is 97.1 Å². The van der Waals surface area contributed by atoms with Crippen LogP contribution < -0.4 is 15.4 Å². The van der Waals surface area contributed by atoms with Gasteiger partial charge in [0, 0.05) is 6.42 Å². The lowest BCUT2D eigenvalue weighted by atomic mass is 9.93. The zero-order chi connectivity index (χ0) is 34.1. The highest BCUT2D eigenvalue weighted by atomic mass is 16.5. The lowest BCUT2D eigenvalue weighted by molar-refractivity contribution is -0.150. The fourth-order valence-corrected chi connectivity index (χ4v) is 5.76. The number of rotatable bonds is 12. The second-order valence-electron chi connectivity index (χ2n) is 13.0. The van der Waals surface area contributed by atoms with Gasteiger partial charge in [0.25, 0.3) is 0 Å². The van der Waals surface area contributed by atoms with Crippen LogP contribution in [0.2, 0.25) is 0 Å². The van der Waals surface area contributed by atoms with Gasteiger partial charge >= 0.3 is 5.97 Å². The van der Waals surface area contributed by atoms with E-state index in [0.717, 1.165) is 35.3 Å². The number of cyclic esters (lactones) is 1. The van der Waals surface area contributed by atoms with E-state index in [1.165, 1.54) is 0 Å². The van der Waals surface area contributed by atoms with Crippen molar-refractivity contribution in [1.29, 1.82) is 0 Å². The molecule has 8 nitrogen and oxygen atoms in total. The molecule has 1 heterocycles. The molecule has 1 aliphatic heterocycles. The Hall–Kier alpha value is -4.43. The van der Waals surface area contributed by atoms with Crippen LogP contribution in [0.1, 0.15) is 62.6 Å². The van der Waals surface area contributed by atoms with E-state index >= 15 is 0 Å². The van der Waals surface area contributed by atoms with Gasteiger partial charge in [0.05, 0.1) is 30.5 Å². The fourth-order valence-electron chi connectivity index (χ4n) is 5.76. The number of hydrogen-bond donors (Lipinski definition) is 3. The van der Waals surface area contributed by atoms with Crippen LogP contribution in [0.25, 0.3) is 0 Å². The number of amides is 2. The average Bonchev–Trinajstić information content (AvgIpc) is 3.10. The van der Waals surface area contributed by atoms with Gasteiger partial charge in [0.15, 0.2) is 0 Å². The molecule has 0 saturated heterocycles. The summed E-state index contributed by atoms with van der Waals surface area (Å²) < 4.78 is 11.7. The molecule has 0 saturated carbocycles. The highest BCUT2D eigenvalue weighted by molar-refractivity contribution is 5.86. The summed E-state index contributed by atoms with van der Waals surface area (Å²) in [5.41, 5.74) is 3.12. The van der Waals surface area contributed by atoms with Crippen molar-refractivity contribution >= 4 is 17.8 Å². The van der Waals surface area contributed by atoms with Gasteiger partial charge in [-0.25, -0.2) is 0 Å². The van der Waals surface area contributed by atoms with Gasteiger partial charge in [-0.05, 0) is 73.3 Å². The molecule has 3 aromatic carbocycles. The molecular formula is C40H50N2O6. The molecule has 256 valence electrons. The van der Waals surface area contributed by atoms with E-state index in [2.05, 4.69) is 10.6 Å². The standard InChI is InChI=1S/C40H50N2O6/c1-29(2)37-28-48-40(46)34(23-30-13-7-5-8-14-30)18-12-4-3-11-17-33(39(45)42-37)25-38(44)41-35(26-43)24-31-19-21-36(22-20-31)47-27-32-15-9-6-10-16-32/h3,5-11,13-16,19-22,29,33-35,37,43H,4,12,17-18,23-28H2,1-2H3,(H,41,44)(H,42,45)/t33-,34-,35+,37-/m1/s1. The monoisotopic (exact) mass is 654 g/mol. The molecule has 0 aromatic heterocycles. The molecule has 0 unspecified atom stereocenters. The van der Waals surface area contributed by atoms with Crippen molar-refractivity contribution in [3.05, 3.63) is 114 Å². The zero-order valence-corrected chi connectivity index (χ0v) is 28.2. The van der Waals surface area contributed by atoms with E-state index in [4.69, 9.17) is 9.47 Å². The first kappa shape index (κ1) is 36.4. The molecule has 3 aromatic rings. The van der Waals surface area contributed by atoms with Crippen LogP contribution >= 0.6 is 0 Å². The number of hydrogen-bond acceptors (Lipinski definition) is 6. The van der Waals surface area contributed by atoms with Crippen molar-refractivity contribution in [2.45, 2.75) is 77.5 Å². The molecule has 8 heteroatoms. The summed E-state index contributed by atoms with van der Waals surface area (Å²) in [5.74, 6) is -0.916. The Kier molecular flexibility index (Phi) is 14.7. The average molecular weight is 655 g/mol. The number of nitrogens with one attached hydrogen (secondary N) is 2. The van der Waals surface area contributed by atoms with Gasteiger partial charge in [-0.2, -0.15) is 0 Å². The van der Waals surface area contributed by atoms with Gasteiger partial charge < -0.3 is 25.2 Å². The number of aliphatic hydroxyl groups excluding tert-OH is 1. The third kappa shape index (κ3) is 12.3. The Balaban J connectivity index is 1.33. The fraction of sp³-hybridized carbons (Fsp3) is 0.425. The predicted molar refractivity (Wildman–Crippen MR) is 187 cm³/mol. The molecule has 4 atom stereocenters. The van der Waals surface area contributed by atoms with Crippen molar-refractivity contribution in [2.75, 3.05) is 13.2 Å². The van der Waals surface area contributed by atoms with E-state index in [0.29, 0.717) is 32.3 Å². The largest absolute Gasteiger partial charge is 0.489 e. The van der Waals surface area contributed by atoms with E-state index in [1.807, 2.05) is 111 Å². The first-order chi connectivity index (χ1) is 23.3. The van der Waals surface area contributed by atoms with Crippen molar-refractivity contribution < 1.29 is 29.0 Å². The molecule has 0 spiro atoms. The minimum atomic E-state index is -0.604. The van der Waals surface area contributed by atoms with E-state index in [-0.39, 0.29) is 55.3 Å². The molecular weight excluding hydrogens is 604 g/mol. The van der Waals surface area contributed by atoms with Crippen molar-refractivity contribution in [2.24, 2.45) is 17.8 Å². The first-order valence-corrected chi connectivity index (χ1v) is 17.1. The highest BCUT2D eigenvalue weighted by Crippen LogP contribution is 2.21. The first-order valence-electron chi connectivity index (χ1n) is 17.1. The maximum Gasteiger partial charge on any atom is 0.309 e. The van der Waals surface area contributed by atoms with Crippen molar-refractivity contribution in [3.63, 3.8) is 0 Å². The Morgan fingerprint density at radius 3 is 2.27 bits per heavy atom. The van der Waals surface area contributed by atoms with Gasteiger partial charge in [0.2, 0.25) is 11.8 Å². The van der Waals surface area contributed by atoms with E-state index in [1.54, 1.807) is 0 Å². The number of carbonyl (C=O) groups excluding carboxylic acids is 3. The summed E-state index contributed by atoms with van der Waals surface area (Å²) in [6.45, 7) is 4.25. The lowest BCUT2D eigenvalue weighted by Gasteiger charge is -2.26. The highest BCUT2D eigenvalue weighted by Gasteiger charge is 2.28. The Labute approximate surface area is 284 Å². The molecule has 0 bridgehead atoms. The minimum absolute atomic E-state index is 0.0149. The Morgan fingerprint density at radius 2 is 1.60 bits per heavy atom. The van der Waals surface area contributed by atoms with Crippen LogP contribution in [-0.2, 0) is 38.6 Å². The molecule has 1 aliphatic rings. The summed E-state index contributed by atoms with van der Waals surface area (Å²) in [6.07, 6.45) is 7.69. The smallest absolute Gasteiger partial charge is 0.309 e. The molecule has 48 heavy (non-hydrogen) atoms. The predicted octanol–water partition coefficient (Wildman–Crippen LogP) is 5.96. The summed E-state index contributed by atoms with van der Waals surface area (Å²) in [7, 11) is 0. The van der Waals surface area contributed by atoms with Crippen molar-refractivity contribution in [3.8, 4) is 5.75 Å². The quantitative estimate of drug-likeness (QED) is 0.164. The van der Waals surface area contributed by atoms with Crippen LogP contribution in [0.3, 0.4) is 0 Å². The van der Waals surface area contributed by atoms with E-state index < -0.39 is 12.0 Å². The molecule has 0 aliphatic carbocycles. The third-order valence-electron chi connectivity index (χ3n) is 8.75. The van der Waals surface area contributed by atoms with Gasteiger partial charge in [-0.3, -0.25) is 14.4 Å². The maximum absolute atomic E-state index is 13.5. The number of aliphatic hydroxyl groups is 1. The van der Waals surface area contributed by atoms with Gasteiger partial charge in [0.1, 0.15) is 19.0 Å². The van der Waals surface area contributed by atoms with Crippen molar-refractivity contribution in [1.82, 2.24) is 10.6 Å². The van der Waals surface area contributed by atoms with Crippen LogP contribution in [0.4, 0.5) is 0 Å². The number of benzene rings is 3. The number of carbonyl (C=O) groups is 3. The summed E-state index contributed by atoms with van der Waals surface area (Å²) >= 11 is 0. The molecule has 0 radical (unpaired) electrons. The molecule has 3 N–H and O–H groups in total. The van der Waals surface area contributed by atoms with Gasteiger partial charge in [-0.15, -0.1) is 0 Å². The second kappa shape index (κ2) is 19.4. The summed E-state index contributed by atoms with van der Waals surface area (Å²) in [5, 5.41) is 16.0. The zero-order valence-electron chi connectivity index (χ0n) is 28.2. The SMILES string of the molecule is CC(C)[C@H]1COC(=O)[C@@H](Cc2ccccc2)CCCC=CC[C@H](CC(=O)N[C@H](CO)Cc2ccc(OCc3ccccc3)cc2)C(=O)N1. The number of allylic oxidation sites excluding steroid dienone is 2. The minimum Gasteiger partial charge on any atom is -0.489 e. The normalized spacial score (nSPS) is 19.9. The molecule has 4 rings (SSSR count). The Bertz CT molecular complexity index is 1440. The summed E-state index contributed by atoms with van der Waals surface area (Å²) in [4.78, 5) is 39.9. The van der Waals surface area contributed by atoms with Crippen LogP contribution in [0, 0.1) is 17.8 Å². The van der Waals surface area contributed by atoms with Gasteiger partial charge in [-0.1, -0.05) is 98.8 Å². The molecule has 0 fully saturated rings. The number of ether oxygens (including phenoxy) is 2. The van der Waals surface area contributed by atoms with E-state index in [9.17, 15) is 19.5 Å².